The number of nitrogens with one attached hydrogen (secondary N) is 1. The predicted octanol–water partition coefficient (Wildman–Crippen LogP) is 2.19. The van der Waals surface area contributed by atoms with E-state index in [1.807, 2.05) is 30.5 Å². The molecule has 1 aliphatic carbocycles. The first kappa shape index (κ1) is 11.7. The summed E-state index contributed by atoms with van der Waals surface area (Å²) in [5.74, 6) is 0.642. The molecule has 0 bridgehead atoms. The molecule has 0 saturated heterocycles. The quantitative estimate of drug-likeness (QED) is 0.751. The lowest BCUT2D eigenvalue weighted by molar-refractivity contribution is 0.378. The second-order valence-corrected chi connectivity index (χ2v) is 4.80. The Morgan fingerprint density at radius 3 is 3.06 bits per heavy atom. The van der Waals surface area contributed by atoms with Crippen molar-refractivity contribution in [1.82, 2.24) is 10.4 Å². The van der Waals surface area contributed by atoms with Crippen molar-refractivity contribution >= 4 is 5.71 Å². The summed E-state index contributed by atoms with van der Waals surface area (Å²) < 4.78 is 0. The maximum absolute atomic E-state index is 9.14. The highest BCUT2D eigenvalue weighted by molar-refractivity contribution is 5.90. The van der Waals surface area contributed by atoms with Gasteiger partial charge in [-0.25, -0.2) is 0 Å². The van der Waals surface area contributed by atoms with Crippen molar-refractivity contribution < 1.29 is 0 Å². The van der Waals surface area contributed by atoms with Gasteiger partial charge in [0.2, 0.25) is 0 Å². The van der Waals surface area contributed by atoms with Gasteiger partial charge in [0.15, 0.2) is 0 Å². The van der Waals surface area contributed by atoms with E-state index in [-0.39, 0.29) is 5.92 Å². The van der Waals surface area contributed by atoms with Gasteiger partial charge in [-0.15, -0.1) is 0 Å². The van der Waals surface area contributed by atoms with Gasteiger partial charge in [-0.05, 0) is 31.3 Å². The lowest BCUT2D eigenvalue weighted by atomic mass is 9.82. The summed E-state index contributed by atoms with van der Waals surface area (Å²) in [5, 5.41) is 11.0. The monoisotopic (exact) mass is 230 g/mol. The lowest BCUT2D eigenvalue weighted by Crippen LogP contribution is -2.27. The largest absolute Gasteiger partial charge is 0.306 e. The van der Waals surface area contributed by atoms with Gasteiger partial charge >= 0.3 is 0 Å². The molecule has 90 valence electrons. The molecule has 2 rings (SSSR count). The number of rotatable bonds is 1. The Morgan fingerprint density at radius 2 is 2.35 bits per heavy atom. The van der Waals surface area contributed by atoms with Crippen LogP contribution in [0, 0.1) is 23.2 Å². The minimum Gasteiger partial charge on any atom is -0.306 e. The molecule has 17 heavy (non-hydrogen) atoms. The van der Waals surface area contributed by atoms with Gasteiger partial charge in [-0.1, -0.05) is 6.92 Å². The minimum atomic E-state index is 0.000641. The Bertz CT molecular complexity index is 414. The van der Waals surface area contributed by atoms with Crippen molar-refractivity contribution in [3.05, 3.63) is 24.2 Å². The molecule has 1 heterocycles. The van der Waals surface area contributed by atoms with Gasteiger partial charge in [0, 0.05) is 25.2 Å². The number of hydrazine groups is 1. The summed E-state index contributed by atoms with van der Waals surface area (Å²) in [5.41, 5.74) is 4.98. The molecule has 0 radical (unpaired) electrons. The van der Waals surface area contributed by atoms with E-state index in [4.69, 9.17) is 5.26 Å². The summed E-state index contributed by atoms with van der Waals surface area (Å²) in [6.45, 7) is 2.22. The molecule has 4 nitrogen and oxygen atoms in total. The van der Waals surface area contributed by atoms with Gasteiger partial charge < -0.3 is 5.43 Å². The van der Waals surface area contributed by atoms with E-state index in [2.05, 4.69) is 23.4 Å². The summed E-state index contributed by atoms with van der Waals surface area (Å²) in [4.78, 5) is 4.63. The molecular formula is C13H18N4. The number of nitrogens with zero attached hydrogens (tertiary/aromatic N) is 3. The third-order valence-electron chi connectivity index (χ3n) is 3.19. The van der Waals surface area contributed by atoms with E-state index < -0.39 is 0 Å². The normalized spacial score (nSPS) is 30.8. The molecule has 0 spiro atoms. The number of hydrogen-bond acceptors (Lipinski definition) is 4. The molecule has 0 aromatic rings. The van der Waals surface area contributed by atoms with E-state index >= 15 is 0 Å². The maximum atomic E-state index is 9.14. The van der Waals surface area contributed by atoms with E-state index in [9.17, 15) is 0 Å². The Hall–Kier alpha value is -1.76. The number of nitriles is 1. The van der Waals surface area contributed by atoms with E-state index in [0.717, 1.165) is 30.7 Å². The van der Waals surface area contributed by atoms with Crippen LogP contribution in [0.15, 0.2) is 29.2 Å². The fraction of sp³-hybridized carbons (Fsp3) is 0.538. The average Bonchev–Trinajstić information content (AvgIpc) is 2.29. The molecule has 2 aliphatic rings. The first-order valence-electron chi connectivity index (χ1n) is 6.03. The van der Waals surface area contributed by atoms with Crippen LogP contribution in [-0.2, 0) is 0 Å². The number of aliphatic imine (C=N–C) groups is 1. The van der Waals surface area contributed by atoms with Crippen LogP contribution in [0.4, 0.5) is 0 Å². The molecular weight excluding hydrogens is 212 g/mol. The predicted molar refractivity (Wildman–Crippen MR) is 67.7 cm³/mol. The third-order valence-corrected chi connectivity index (χ3v) is 3.19. The van der Waals surface area contributed by atoms with Crippen LogP contribution < -0.4 is 5.43 Å². The summed E-state index contributed by atoms with van der Waals surface area (Å²) in [7, 11) is 1.93. The topological polar surface area (TPSA) is 51.4 Å². The fourth-order valence-electron chi connectivity index (χ4n) is 2.23. The van der Waals surface area contributed by atoms with Crippen molar-refractivity contribution in [2.75, 3.05) is 7.05 Å². The average molecular weight is 230 g/mol. The molecule has 4 heteroatoms. The van der Waals surface area contributed by atoms with Crippen LogP contribution in [0.1, 0.15) is 26.2 Å². The van der Waals surface area contributed by atoms with Crippen LogP contribution in [0.5, 0.6) is 0 Å². The van der Waals surface area contributed by atoms with Crippen molar-refractivity contribution in [3.8, 4) is 6.07 Å². The second kappa shape index (κ2) is 5.05. The molecule has 2 unspecified atom stereocenters. The molecule has 1 saturated carbocycles. The zero-order valence-corrected chi connectivity index (χ0v) is 10.3. The first-order valence-corrected chi connectivity index (χ1v) is 6.03. The highest BCUT2D eigenvalue weighted by Gasteiger charge is 2.24. The van der Waals surface area contributed by atoms with Crippen LogP contribution in [0.2, 0.25) is 0 Å². The van der Waals surface area contributed by atoms with Gasteiger partial charge in [-0.2, -0.15) is 5.26 Å². The van der Waals surface area contributed by atoms with Gasteiger partial charge in [0.1, 0.15) is 0 Å². The first-order chi connectivity index (χ1) is 8.19. The molecule has 2 atom stereocenters. The van der Waals surface area contributed by atoms with Crippen LogP contribution in [0.3, 0.4) is 0 Å². The second-order valence-electron chi connectivity index (χ2n) is 4.80. The lowest BCUT2D eigenvalue weighted by Gasteiger charge is -2.24. The standard InChI is InChI=1S/C13H18N4/c1-10-3-4-11(8-14)13(7-10)16-12-5-6-15-17(2)9-12/h5-6,9-11,15H,3-4,7H2,1-2H3. The number of allylic oxidation sites excluding steroid dienone is 1. The van der Waals surface area contributed by atoms with E-state index in [1.165, 1.54) is 0 Å². The summed E-state index contributed by atoms with van der Waals surface area (Å²) in [6.07, 6.45) is 8.74. The smallest absolute Gasteiger partial charge is 0.0846 e. The van der Waals surface area contributed by atoms with Crippen LogP contribution >= 0.6 is 0 Å². The van der Waals surface area contributed by atoms with Crippen LogP contribution in [0.25, 0.3) is 0 Å². The van der Waals surface area contributed by atoms with E-state index in [0.29, 0.717) is 5.92 Å². The maximum Gasteiger partial charge on any atom is 0.0846 e. The van der Waals surface area contributed by atoms with E-state index in [1.54, 1.807) is 0 Å². The van der Waals surface area contributed by atoms with Crippen molar-refractivity contribution in [2.45, 2.75) is 26.2 Å². The van der Waals surface area contributed by atoms with Crippen LogP contribution in [-0.4, -0.2) is 17.8 Å². The SMILES string of the molecule is CC1CCC(C#N)C(=NC2=CN(C)NC=C2)C1. The summed E-state index contributed by atoms with van der Waals surface area (Å²) in [6, 6.07) is 2.36. The molecule has 1 aliphatic heterocycles. The number of hydrogen-bond donors (Lipinski definition) is 1. The molecule has 0 amide bonds. The molecule has 0 aromatic heterocycles. The van der Waals surface area contributed by atoms with Crippen molar-refractivity contribution in [2.24, 2.45) is 16.8 Å². The van der Waals surface area contributed by atoms with Crippen molar-refractivity contribution in [1.29, 1.82) is 5.26 Å². The Labute approximate surface area is 102 Å². The Kier molecular flexibility index (Phi) is 3.48. The zero-order valence-electron chi connectivity index (χ0n) is 10.3. The third kappa shape index (κ3) is 2.88. The summed E-state index contributed by atoms with van der Waals surface area (Å²) >= 11 is 0. The molecule has 0 aromatic carbocycles. The van der Waals surface area contributed by atoms with Gasteiger partial charge in [0.05, 0.1) is 17.7 Å². The van der Waals surface area contributed by atoms with Gasteiger partial charge in [-0.3, -0.25) is 10.0 Å². The minimum absolute atomic E-state index is 0.000641. The fourth-order valence-corrected chi connectivity index (χ4v) is 2.23. The zero-order chi connectivity index (χ0) is 12.3. The molecule has 1 N–H and O–H groups in total. The highest BCUT2D eigenvalue weighted by atomic mass is 15.5. The molecule has 1 fully saturated rings. The Morgan fingerprint density at radius 1 is 1.53 bits per heavy atom. The highest BCUT2D eigenvalue weighted by Crippen LogP contribution is 2.27. The van der Waals surface area contributed by atoms with Crippen molar-refractivity contribution in [3.63, 3.8) is 0 Å². The Balaban J connectivity index is 2.18. The van der Waals surface area contributed by atoms with Gasteiger partial charge in [0.25, 0.3) is 0 Å².